The molecule has 1 saturated carbocycles. The SMILES string of the molecule is CC(C)NC(=O)C(C)NCCOC1CCCC1. The highest BCUT2D eigenvalue weighted by molar-refractivity contribution is 5.81. The van der Waals surface area contributed by atoms with Crippen molar-refractivity contribution in [1.82, 2.24) is 10.6 Å². The van der Waals surface area contributed by atoms with E-state index in [2.05, 4.69) is 10.6 Å². The first-order valence-corrected chi connectivity index (χ1v) is 6.75. The van der Waals surface area contributed by atoms with Crippen LogP contribution in [0.4, 0.5) is 0 Å². The predicted octanol–water partition coefficient (Wildman–Crippen LogP) is 1.45. The Morgan fingerprint density at radius 3 is 2.53 bits per heavy atom. The van der Waals surface area contributed by atoms with E-state index < -0.39 is 0 Å². The molecule has 4 nitrogen and oxygen atoms in total. The Bertz CT molecular complexity index is 225. The number of ether oxygens (including phenoxy) is 1. The summed E-state index contributed by atoms with van der Waals surface area (Å²) in [6.07, 6.45) is 5.44. The van der Waals surface area contributed by atoms with Gasteiger partial charge in [0.15, 0.2) is 0 Å². The van der Waals surface area contributed by atoms with E-state index in [1.165, 1.54) is 25.7 Å². The van der Waals surface area contributed by atoms with E-state index in [0.29, 0.717) is 12.7 Å². The molecular weight excluding hydrogens is 216 g/mol. The predicted molar refractivity (Wildman–Crippen MR) is 69.0 cm³/mol. The molecule has 0 aliphatic heterocycles. The Hall–Kier alpha value is -0.610. The smallest absolute Gasteiger partial charge is 0.237 e. The molecular formula is C13H26N2O2. The lowest BCUT2D eigenvalue weighted by atomic mass is 10.3. The van der Waals surface area contributed by atoms with Gasteiger partial charge in [-0.25, -0.2) is 0 Å². The molecule has 0 aromatic rings. The first kappa shape index (κ1) is 14.5. The lowest BCUT2D eigenvalue weighted by Gasteiger charge is -2.17. The zero-order valence-corrected chi connectivity index (χ0v) is 11.3. The Balaban J connectivity index is 2.02. The van der Waals surface area contributed by atoms with Gasteiger partial charge in [0, 0.05) is 12.6 Å². The molecule has 1 fully saturated rings. The van der Waals surface area contributed by atoms with Gasteiger partial charge >= 0.3 is 0 Å². The number of hydrogen-bond donors (Lipinski definition) is 2. The maximum atomic E-state index is 11.6. The fraction of sp³-hybridized carbons (Fsp3) is 0.923. The second-order valence-corrected chi connectivity index (χ2v) is 5.12. The van der Waals surface area contributed by atoms with E-state index in [-0.39, 0.29) is 18.0 Å². The Morgan fingerprint density at radius 1 is 1.29 bits per heavy atom. The topological polar surface area (TPSA) is 50.4 Å². The molecule has 1 unspecified atom stereocenters. The Kier molecular flexibility index (Phi) is 6.52. The molecule has 100 valence electrons. The van der Waals surface area contributed by atoms with Crippen molar-refractivity contribution in [2.24, 2.45) is 0 Å². The van der Waals surface area contributed by atoms with Gasteiger partial charge in [-0.05, 0) is 33.6 Å². The normalized spacial score (nSPS) is 18.6. The summed E-state index contributed by atoms with van der Waals surface area (Å²) in [6, 6.07) is 0.0473. The van der Waals surface area contributed by atoms with Crippen molar-refractivity contribution >= 4 is 5.91 Å². The van der Waals surface area contributed by atoms with Crippen LogP contribution >= 0.6 is 0 Å². The quantitative estimate of drug-likeness (QED) is 0.664. The van der Waals surface area contributed by atoms with Gasteiger partial charge in [-0.3, -0.25) is 4.79 Å². The summed E-state index contributed by atoms with van der Waals surface area (Å²) < 4.78 is 5.72. The van der Waals surface area contributed by atoms with Gasteiger partial charge in [0.25, 0.3) is 0 Å². The van der Waals surface area contributed by atoms with Crippen LogP contribution in [0.2, 0.25) is 0 Å². The zero-order chi connectivity index (χ0) is 12.7. The lowest BCUT2D eigenvalue weighted by Crippen LogP contribution is -2.45. The molecule has 1 atom stereocenters. The summed E-state index contributed by atoms with van der Waals surface area (Å²) in [4.78, 5) is 11.6. The number of carbonyl (C=O) groups excluding carboxylic acids is 1. The van der Waals surface area contributed by atoms with Crippen LogP contribution in [0.3, 0.4) is 0 Å². The average Bonchev–Trinajstić information content (AvgIpc) is 2.75. The molecule has 0 aromatic heterocycles. The fourth-order valence-electron chi connectivity index (χ4n) is 2.06. The average molecular weight is 242 g/mol. The standard InChI is InChI=1S/C13H26N2O2/c1-10(2)15-13(16)11(3)14-8-9-17-12-6-4-5-7-12/h10-12,14H,4-9H2,1-3H3,(H,15,16). The molecule has 2 N–H and O–H groups in total. The highest BCUT2D eigenvalue weighted by Crippen LogP contribution is 2.20. The number of nitrogens with one attached hydrogen (secondary N) is 2. The van der Waals surface area contributed by atoms with Gasteiger partial charge in [-0.1, -0.05) is 12.8 Å². The Labute approximate surface area is 104 Å². The van der Waals surface area contributed by atoms with Crippen molar-refractivity contribution < 1.29 is 9.53 Å². The van der Waals surface area contributed by atoms with Crippen LogP contribution in [0.5, 0.6) is 0 Å². The molecule has 0 aromatic carbocycles. The maximum Gasteiger partial charge on any atom is 0.237 e. The van der Waals surface area contributed by atoms with E-state index in [4.69, 9.17) is 4.74 Å². The third kappa shape index (κ3) is 6.03. The van der Waals surface area contributed by atoms with E-state index in [0.717, 1.165) is 6.54 Å². The zero-order valence-electron chi connectivity index (χ0n) is 11.3. The van der Waals surface area contributed by atoms with Gasteiger partial charge in [0.1, 0.15) is 0 Å². The van der Waals surface area contributed by atoms with Crippen LogP contribution in [0.15, 0.2) is 0 Å². The largest absolute Gasteiger partial charge is 0.377 e. The molecule has 0 heterocycles. The summed E-state index contributed by atoms with van der Waals surface area (Å²) in [5.41, 5.74) is 0. The van der Waals surface area contributed by atoms with Crippen molar-refractivity contribution in [3.8, 4) is 0 Å². The molecule has 0 saturated heterocycles. The minimum absolute atomic E-state index is 0.0564. The Morgan fingerprint density at radius 2 is 1.94 bits per heavy atom. The van der Waals surface area contributed by atoms with Crippen LogP contribution in [0, 0.1) is 0 Å². The number of rotatable bonds is 7. The molecule has 1 rings (SSSR count). The first-order valence-electron chi connectivity index (χ1n) is 6.75. The molecule has 0 bridgehead atoms. The van der Waals surface area contributed by atoms with Gasteiger partial charge < -0.3 is 15.4 Å². The van der Waals surface area contributed by atoms with Crippen LogP contribution in [0.25, 0.3) is 0 Å². The van der Waals surface area contributed by atoms with Crippen molar-refractivity contribution in [3.05, 3.63) is 0 Å². The van der Waals surface area contributed by atoms with Gasteiger partial charge in [0.2, 0.25) is 5.91 Å². The first-order chi connectivity index (χ1) is 8.09. The van der Waals surface area contributed by atoms with E-state index in [1.807, 2.05) is 20.8 Å². The van der Waals surface area contributed by atoms with Crippen LogP contribution < -0.4 is 10.6 Å². The second kappa shape index (κ2) is 7.67. The van der Waals surface area contributed by atoms with Crippen LogP contribution in [0.1, 0.15) is 46.5 Å². The highest BCUT2D eigenvalue weighted by atomic mass is 16.5. The fourth-order valence-corrected chi connectivity index (χ4v) is 2.06. The van der Waals surface area contributed by atoms with Gasteiger partial charge in [0.05, 0.1) is 18.8 Å². The molecule has 1 aliphatic carbocycles. The molecule has 17 heavy (non-hydrogen) atoms. The molecule has 1 aliphatic rings. The summed E-state index contributed by atoms with van der Waals surface area (Å²) in [6.45, 7) is 7.25. The molecule has 0 radical (unpaired) electrons. The van der Waals surface area contributed by atoms with E-state index in [1.54, 1.807) is 0 Å². The number of carbonyl (C=O) groups is 1. The third-order valence-corrected chi connectivity index (χ3v) is 3.03. The molecule has 4 heteroatoms. The van der Waals surface area contributed by atoms with Crippen molar-refractivity contribution in [3.63, 3.8) is 0 Å². The van der Waals surface area contributed by atoms with Gasteiger partial charge in [-0.2, -0.15) is 0 Å². The summed E-state index contributed by atoms with van der Waals surface area (Å²) in [5, 5.41) is 6.06. The minimum Gasteiger partial charge on any atom is -0.377 e. The monoisotopic (exact) mass is 242 g/mol. The summed E-state index contributed by atoms with van der Waals surface area (Å²) in [7, 11) is 0. The van der Waals surface area contributed by atoms with Crippen LogP contribution in [-0.4, -0.2) is 37.2 Å². The van der Waals surface area contributed by atoms with Crippen molar-refractivity contribution in [2.45, 2.75) is 64.6 Å². The van der Waals surface area contributed by atoms with Crippen molar-refractivity contribution in [1.29, 1.82) is 0 Å². The second-order valence-electron chi connectivity index (χ2n) is 5.12. The summed E-state index contributed by atoms with van der Waals surface area (Å²) >= 11 is 0. The van der Waals surface area contributed by atoms with Crippen molar-refractivity contribution in [2.75, 3.05) is 13.2 Å². The number of amides is 1. The van der Waals surface area contributed by atoms with E-state index >= 15 is 0 Å². The minimum atomic E-state index is -0.149. The molecule has 1 amide bonds. The van der Waals surface area contributed by atoms with Crippen LogP contribution in [-0.2, 0) is 9.53 Å². The lowest BCUT2D eigenvalue weighted by molar-refractivity contribution is -0.123. The summed E-state index contributed by atoms with van der Waals surface area (Å²) in [5.74, 6) is 0.0564. The van der Waals surface area contributed by atoms with Gasteiger partial charge in [-0.15, -0.1) is 0 Å². The van der Waals surface area contributed by atoms with E-state index in [9.17, 15) is 4.79 Å². The number of hydrogen-bond acceptors (Lipinski definition) is 3. The molecule has 0 spiro atoms. The third-order valence-electron chi connectivity index (χ3n) is 3.03. The highest BCUT2D eigenvalue weighted by Gasteiger charge is 2.16. The maximum absolute atomic E-state index is 11.6.